The lowest BCUT2D eigenvalue weighted by Crippen LogP contribution is -2.03. The first-order chi connectivity index (χ1) is 29.2. The van der Waals surface area contributed by atoms with Gasteiger partial charge in [-0.15, -0.1) is 11.3 Å². The lowest BCUT2D eigenvalue weighted by atomic mass is 9.84. The molecule has 2 nitrogen and oxygen atoms in total. The predicted octanol–water partition coefficient (Wildman–Crippen LogP) is 15.4. The van der Waals surface area contributed by atoms with Crippen LogP contribution in [0, 0.1) is 12.1 Å². The van der Waals surface area contributed by atoms with E-state index in [-0.39, 0.29) is 0 Å². The average Bonchev–Trinajstić information content (AvgIpc) is 3.98. The van der Waals surface area contributed by atoms with Gasteiger partial charge in [-0.2, -0.15) is 0 Å². The molecule has 0 unspecified atom stereocenters. The molecule has 0 atom stereocenters. The molecule has 0 saturated heterocycles. The molecule has 59 heavy (non-hydrogen) atoms. The summed E-state index contributed by atoms with van der Waals surface area (Å²) in [7, 11) is 0. The quantitative estimate of drug-likeness (QED) is 0.174. The van der Waals surface area contributed by atoms with Gasteiger partial charge in [-0.05, 0) is 112 Å². The van der Waals surface area contributed by atoms with E-state index in [4.69, 9.17) is 4.42 Å². The number of para-hydroxylation sites is 3. The SMILES string of the molecule is c1ccc2c(c#1)-c1cc(-c3cccc4c5cccc(-c6ccc7oc8ccccc8c7c6)c5n(-c5ccc(-c6ccc7c(c6)sc6ccccc67)cc5)c34)ccc1CC2. The molecule has 12 aromatic rings. The second-order valence-corrected chi connectivity index (χ2v) is 16.9. The molecule has 0 spiro atoms. The highest BCUT2D eigenvalue weighted by Gasteiger charge is 2.22. The van der Waals surface area contributed by atoms with Gasteiger partial charge in [0.25, 0.3) is 0 Å². The highest BCUT2D eigenvalue weighted by molar-refractivity contribution is 7.25. The monoisotopic (exact) mass is 767 g/mol. The molecule has 0 radical (unpaired) electrons. The zero-order valence-corrected chi connectivity index (χ0v) is 32.7. The largest absolute Gasteiger partial charge is 0.456 e. The first-order valence-corrected chi connectivity index (χ1v) is 21.1. The van der Waals surface area contributed by atoms with Crippen molar-refractivity contribution in [2.75, 3.05) is 0 Å². The summed E-state index contributed by atoms with van der Waals surface area (Å²) in [6, 6.07) is 71.3. The van der Waals surface area contributed by atoms with Crippen LogP contribution in [0.15, 0.2) is 180 Å². The lowest BCUT2D eigenvalue weighted by Gasteiger charge is -2.19. The van der Waals surface area contributed by atoms with Crippen molar-refractivity contribution >= 4 is 75.3 Å². The number of aromatic nitrogens is 1. The number of aryl methyl sites for hydroxylation is 2. The van der Waals surface area contributed by atoms with Crippen molar-refractivity contribution in [2.24, 2.45) is 0 Å². The minimum Gasteiger partial charge on any atom is -0.456 e. The maximum atomic E-state index is 6.28. The van der Waals surface area contributed by atoms with Crippen LogP contribution in [0.1, 0.15) is 11.1 Å². The Morgan fingerprint density at radius 1 is 0.441 bits per heavy atom. The third-order valence-corrected chi connectivity index (χ3v) is 13.7. The Labute approximate surface area is 344 Å². The Morgan fingerprint density at radius 2 is 1.10 bits per heavy atom. The summed E-state index contributed by atoms with van der Waals surface area (Å²) in [6.45, 7) is 0. The van der Waals surface area contributed by atoms with E-state index in [1.807, 2.05) is 23.5 Å². The van der Waals surface area contributed by atoms with Crippen LogP contribution in [0.4, 0.5) is 0 Å². The first-order valence-electron chi connectivity index (χ1n) is 20.3. The van der Waals surface area contributed by atoms with Gasteiger partial charge in [0.1, 0.15) is 11.2 Å². The number of rotatable bonds is 4. The molecular weight excluding hydrogens is 735 g/mol. The molecule has 0 N–H and O–H groups in total. The van der Waals surface area contributed by atoms with E-state index < -0.39 is 0 Å². The second kappa shape index (κ2) is 12.6. The molecule has 1 aliphatic carbocycles. The molecule has 1 aliphatic rings. The third kappa shape index (κ3) is 4.94. The van der Waals surface area contributed by atoms with Crippen LogP contribution >= 0.6 is 11.3 Å². The molecule has 0 aliphatic heterocycles. The number of nitrogens with zero attached hydrogens (tertiary/aromatic N) is 1. The van der Waals surface area contributed by atoms with E-state index in [0.717, 1.165) is 46.0 Å². The van der Waals surface area contributed by atoms with Crippen molar-refractivity contribution in [3.8, 4) is 50.2 Å². The van der Waals surface area contributed by atoms with Gasteiger partial charge in [0.2, 0.25) is 0 Å². The van der Waals surface area contributed by atoms with Crippen molar-refractivity contribution in [1.82, 2.24) is 4.57 Å². The van der Waals surface area contributed by atoms with Crippen LogP contribution in [0.25, 0.3) is 114 Å². The maximum Gasteiger partial charge on any atom is 0.135 e. The van der Waals surface area contributed by atoms with Crippen LogP contribution in [0.5, 0.6) is 0 Å². The van der Waals surface area contributed by atoms with Crippen LogP contribution in [-0.2, 0) is 12.8 Å². The number of fused-ring (bicyclic) bond motifs is 12. The summed E-state index contributed by atoms with van der Waals surface area (Å²) in [6.07, 6.45) is 2.07. The van der Waals surface area contributed by atoms with Crippen molar-refractivity contribution in [2.45, 2.75) is 12.8 Å². The van der Waals surface area contributed by atoms with Gasteiger partial charge in [-0.1, -0.05) is 127 Å². The summed E-state index contributed by atoms with van der Waals surface area (Å²) in [4.78, 5) is 0. The second-order valence-electron chi connectivity index (χ2n) is 15.8. The summed E-state index contributed by atoms with van der Waals surface area (Å²) in [5, 5.41) is 7.36. The zero-order chi connectivity index (χ0) is 38.6. The molecular formula is C56H33NOS. The highest BCUT2D eigenvalue weighted by atomic mass is 32.1. The third-order valence-electron chi connectivity index (χ3n) is 12.6. The predicted molar refractivity (Wildman–Crippen MR) is 248 cm³/mol. The fourth-order valence-electron chi connectivity index (χ4n) is 9.77. The molecule has 13 rings (SSSR count). The van der Waals surface area contributed by atoms with Crippen LogP contribution < -0.4 is 0 Å². The fourth-order valence-corrected chi connectivity index (χ4v) is 10.9. The molecule has 3 aromatic heterocycles. The van der Waals surface area contributed by atoms with Crippen LogP contribution in [0.2, 0.25) is 0 Å². The summed E-state index contributed by atoms with van der Waals surface area (Å²) < 4.78 is 11.4. The zero-order valence-electron chi connectivity index (χ0n) is 31.9. The molecule has 0 bridgehead atoms. The van der Waals surface area contributed by atoms with E-state index >= 15 is 0 Å². The van der Waals surface area contributed by atoms with Gasteiger partial charge < -0.3 is 8.98 Å². The Balaban J connectivity index is 1.05. The lowest BCUT2D eigenvalue weighted by molar-refractivity contribution is 0.669. The van der Waals surface area contributed by atoms with E-state index in [2.05, 4.69) is 180 Å². The average molecular weight is 768 g/mol. The van der Waals surface area contributed by atoms with Crippen LogP contribution in [0.3, 0.4) is 0 Å². The Hall–Kier alpha value is -7.38. The standard InChI is InChI=1S/C56H33NOS/c1-2-10-41-35(9-1)19-20-36-21-22-38(31-49(36)41)42-13-7-15-47-48-16-8-14-43(39-26-30-52-50(32-39)44-11-3-5-17-51(44)58-52)56(48)57(55(42)47)40-27-23-34(24-28-40)37-25-29-46-45-12-4-6-18-53(45)59-54(46)33-37/h1,3-9,11-18,21-33H,19-20H2. The van der Waals surface area contributed by atoms with Crippen molar-refractivity contribution in [3.63, 3.8) is 0 Å². The van der Waals surface area contributed by atoms with Crippen molar-refractivity contribution in [3.05, 3.63) is 199 Å². The molecule has 274 valence electrons. The Morgan fingerprint density at radius 3 is 1.95 bits per heavy atom. The summed E-state index contributed by atoms with van der Waals surface area (Å²) in [5.41, 5.74) is 17.7. The molecule has 3 heterocycles. The van der Waals surface area contributed by atoms with Crippen molar-refractivity contribution < 1.29 is 4.42 Å². The fraction of sp³-hybridized carbons (Fsp3) is 0.0357. The number of hydrogen-bond donors (Lipinski definition) is 0. The summed E-state index contributed by atoms with van der Waals surface area (Å²) >= 11 is 1.87. The maximum absolute atomic E-state index is 6.28. The molecule has 9 aromatic carbocycles. The smallest absolute Gasteiger partial charge is 0.135 e. The van der Waals surface area contributed by atoms with Gasteiger partial charge in [-0.3, -0.25) is 0 Å². The van der Waals surface area contributed by atoms with E-state index in [1.165, 1.54) is 92.0 Å². The van der Waals surface area contributed by atoms with Crippen LogP contribution in [-0.4, -0.2) is 4.57 Å². The number of thiophene rings is 1. The molecule has 0 saturated carbocycles. The number of furan rings is 1. The topological polar surface area (TPSA) is 18.1 Å². The Kier molecular flexibility index (Phi) is 6.96. The Bertz CT molecular complexity index is 3670. The number of hydrogen-bond acceptors (Lipinski definition) is 2. The van der Waals surface area contributed by atoms with E-state index in [0.29, 0.717) is 0 Å². The number of benzene rings is 8. The minimum atomic E-state index is 0.901. The van der Waals surface area contributed by atoms with E-state index in [1.54, 1.807) is 0 Å². The van der Waals surface area contributed by atoms with Gasteiger partial charge >= 0.3 is 0 Å². The molecule has 0 fully saturated rings. The van der Waals surface area contributed by atoms with Gasteiger partial charge in [0, 0.05) is 64.1 Å². The minimum absolute atomic E-state index is 0.901. The van der Waals surface area contributed by atoms with E-state index in [9.17, 15) is 0 Å². The van der Waals surface area contributed by atoms with Crippen molar-refractivity contribution in [1.29, 1.82) is 0 Å². The first kappa shape index (κ1) is 32.7. The van der Waals surface area contributed by atoms with Gasteiger partial charge in [0.05, 0.1) is 11.0 Å². The molecule has 0 amide bonds. The highest BCUT2D eigenvalue weighted by Crippen LogP contribution is 2.45. The normalized spacial score (nSPS) is 12.5. The van der Waals surface area contributed by atoms with Gasteiger partial charge in [-0.25, -0.2) is 0 Å². The molecule has 3 heteroatoms. The van der Waals surface area contributed by atoms with Gasteiger partial charge in [0.15, 0.2) is 0 Å². The summed E-state index contributed by atoms with van der Waals surface area (Å²) in [5.74, 6) is 0.